The number of benzene rings is 1. The highest BCUT2D eigenvalue weighted by atomic mass is 79.9. The Morgan fingerprint density at radius 1 is 1.25 bits per heavy atom. The van der Waals surface area contributed by atoms with Crippen molar-refractivity contribution in [3.8, 4) is 5.75 Å². The maximum absolute atomic E-state index is 5.72. The molecule has 2 aliphatic rings. The summed E-state index contributed by atoms with van der Waals surface area (Å²) in [5, 5.41) is 4.66. The van der Waals surface area contributed by atoms with Crippen molar-refractivity contribution in [3.05, 3.63) is 28.7 Å². The second-order valence-electron chi connectivity index (χ2n) is 5.19. The van der Waals surface area contributed by atoms with E-state index in [2.05, 4.69) is 21.2 Å². The molecule has 0 bridgehead atoms. The second kappa shape index (κ2) is 6.85. The lowest BCUT2D eigenvalue weighted by atomic mass is 9.92. The molecule has 0 saturated heterocycles. The first-order chi connectivity index (χ1) is 9.81. The zero-order valence-corrected chi connectivity index (χ0v) is 13.8. The molecule has 3 nitrogen and oxygen atoms in total. The molecule has 1 saturated carbocycles. The number of amidine groups is 1. The van der Waals surface area contributed by atoms with Crippen LogP contribution in [0.2, 0.25) is 0 Å². The van der Waals surface area contributed by atoms with Crippen molar-refractivity contribution in [1.82, 2.24) is 5.32 Å². The Kier molecular flexibility index (Phi) is 4.89. The number of fused-ring (bicyclic) bond motifs is 1. The molecule has 1 aromatic carbocycles. The SMILES string of the molecule is Brc1ccc(OCCSC2=N[C@@H]3CCCC[C@@H]3N2)cc1. The van der Waals surface area contributed by atoms with E-state index in [4.69, 9.17) is 9.73 Å². The Morgan fingerprint density at radius 2 is 2.05 bits per heavy atom. The van der Waals surface area contributed by atoms with Gasteiger partial charge in [0.25, 0.3) is 0 Å². The third-order valence-corrected chi connectivity index (χ3v) is 5.12. The number of hydrogen-bond acceptors (Lipinski definition) is 4. The molecule has 5 heteroatoms. The minimum atomic E-state index is 0.527. The zero-order valence-electron chi connectivity index (χ0n) is 11.3. The number of thioether (sulfide) groups is 1. The van der Waals surface area contributed by atoms with Crippen molar-refractivity contribution in [2.24, 2.45) is 4.99 Å². The van der Waals surface area contributed by atoms with Crippen LogP contribution in [0.4, 0.5) is 0 Å². The zero-order chi connectivity index (χ0) is 13.8. The maximum atomic E-state index is 5.72. The highest BCUT2D eigenvalue weighted by Crippen LogP contribution is 2.27. The van der Waals surface area contributed by atoms with Gasteiger partial charge in [-0.2, -0.15) is 0 Å². The van der Waals surface area contributed by atoms with Crippen molar-refractivity contribution in [2.45, 2.75) is 37.8 Å². The number of ether oxygens (including phenoxy) is 1. The Morgan fingerprint density at radius 3 is 2.85 bits per heavy atom. The van der Waals surface area contributed by atoms with Crippen LogP contribution in [0, 0.1) is 0 Å². The molecular weight excluding hydrogens is 336 g/mol. The molecule has 0 spiro atoms. The van der Waals surface area contributed by atoms with Crippen LogP contribution in [0.15, 0.2) is 33.7 Å². The molecule has 1 N–H and O–H groups in total. The molecule has 1 aromatic rings. The van der Waals surface area contributed by atoms with Crippen LogP contribution in [-0.2, 0) is 0 Å². The van der Waals surface area contributed by atoms with E-state index in [-0.39, 0.29) is 0 Å². The third-order valence-electron chi connectivity index (χ3n) is 3.73. The summed E-state index contributed by atoms with van der Waals surface area (Å²) in [4.78, 5) is 4.77. The highest BCUT2D eigenvalue weighted by Gasteiger charge is 2.30. The van der Waals surface area contributed by atoms with Gasteiger partial charge in [-0.15, -0.1) is 0 Å². The maximum Gasteiger partial charge on any atom is 0.157 e. The van der Waals surface area contributed by atoms with E-state index in [1.165, 1.54) is 25.7 Å². The number of nitrogens with zero attached hydrogens (tertiary/aromatic N) is 1. The quantitative estimate of drug-likeness (QED) is 0.834. The van der Waals surface area contributed by atoms with Gasteiger partial charge >= 0.3 is 0 Å². The fourth-order valence-corrected chi connectivity index (χ4v) is 3.76. The molecule has 3 rings (SSSR count). The Hall–Kier alpha value is -0.680. The molecule has 1 fully saturated rings. The number of aliphatic imine (C=N–C) groups is 1. The van der Waals surface area contributed by atoms with Gasteiger partial charge in [-0.25, -0.2) is 0 Å². The number of halogens is 1. The summed E-state index contributed by atoms with van der Waals surface area (Å²) in [7, 11) is 0. The molecule has 0 radical (unpaired) electrons. The molecule has 1 aliphatic heterocycles. The van der Waals surface area contributed by atoms with Gasteiger partial charge in [0, 0.05) is 10.2 Å². The van der Waals surface area contributed by atoms with Crippen molar-refractivity contribution in [2.75, 3.05) is 12.4 Å². The lowest BCUT2D eigenvalue weighted by Gasteiger charge is -2.23. The van der Waals surface area contributed by atoms with Crippen LogP contribution in [0.3, 0.4) is 0 Å². The van der Waals surface area contributed by atoms with Gasteiger partial charge in [0.1, 0.15) is 5.75 Å². The Balaban J connectivity index is 1.39. The lowest BCUT2D eigenvalue weighted by Crippen LogP contribution is -2.36. The first-order valence-corrected chi connectivity index (χ1v) is 8.94. The molecule has 108 valence electrons. The lowest BCUT2D eigenvalue weighted by molar-refractivity contribution is 0.344. The van der Waals surface area contributed by atoms with Gasteiger partial charge in [0.2, 0.25) is 0 Å². The molecule has 2 atom stereocenters. The van der Waals surface area contributed by atoms with E-state index in [0.29, 0.717) is 18.7 Å². The van der Waals surface area contributed by atoms with Crippen LogP contribution < -0.4 is 10.1 Å². The van der Waals surface area contributed by atoms with E-state index in [1.54, 1.807) is 11.8 Å². The Bertz CT molecular complexity index is 477. The predicted octanol–water partition coefficient (Wildman–Crippen LogP) is 3.83. The second-order valence-corrected chi connectivity index (χ2v) is 7.19. The molecule has 0 amide bonds. The van der Waals surface area contributed by atoms with Crippen LogP contribution in [-0.4, -0.2) is 29.6 Å². The summed E-state index contributed by atoms with van der Waals surface area (Å²) in [5.41, 5.74) is 0. The third kappa shape index (κ3) is 3.70. The first-order valence-electron chi connectivity index (χ1n) is 7.17. The molecule has 20 heavy (non-hydrogen) atoms. The first kappa shape index (κ1) is 14.3. The van der Waals surface area contributed by atoms with Crippen molar-refractivity contribution in [3.63, 3.8) is 0 Å². The van der Waals surface area contributed by atoms with E-state index >= 15 is 0 Å². The summed E-state index contributed by atoms with van der Waals surface area (Å²) in [6.07, 6.45) is 5.19. The molecular formula is C15H19BrN2OS. The van der Waals surface area contributed by atoms with Crippen molar-refractivity contribution < 1.29 is 4.74 Å². The highest BCUT2D eigenvalue weighted by molar-refractivity contribution is 9.10. The van der Waals surface area contributed by atoms with Gasteiger partial charge in [0.15, 0.2) is 5.17 Å². The summed E-state index contributed by atoms with van der Waals surface area (Å²) in [5.74, 6) is 1.85. The van der Waals surface area contributed by atoms with E-state index < -0.39 is 0 Å². The standard InChI is InChI=1S/C15H19BrN2OS/c16-11-5-7-12(8-6-11)19-9-10-20-15-17-13-3-1-2-4-14(13)18-15/h5-8,13-14H,1-4,9-10H2,(H,17,18)/t13-,14+. The molecule has 1 aliphatic carbocycles. The number of rotatable bonds is 4. The number of nitrogens with one attached hydrogen (secondary N) is 1. The predicted molar refractivity (Wildman–Crippen MR) is 88.7 cm³/mol. The normalized spacial score (nSPS) is 24.8. The smallest absolute Gasteiger partial charge is 0.157 e. The molecule has 1 heterocycles. The summed E-state index contributed by atoms with van der Waals surface area (Å²) < 4.78 is 6.79. The summed E-state index contributed by atoms with van der Waals surface area (Å²) in [6.45, 7) is 0.711. The van der Waals surface area contributed by atoms with Crippen LogP contribution >= 0.6 is 27.7 Å². The topological polar surface area (TPSA) is 33.6 Å². The van der Waals surface area contributed by atoms with Crippen molar-refractivity contribution in [1.29, 1.82) is 0 Å². The Labute approximate surface area is 132 Å². The van der Waals surface area contributed by atoms with E-state index in [0.717, 1.165) is 21.1 Å². The minimum Gasteiger partial charge on any atom is -0.493 e. The van der Waals surface area contributed by atoms with Crippen LogP contribution in [0.25, 0.3) is 0 Å². The average Bonchev–Trinajstić information content (AvgIpc) is 2.88. The largest absolute Gasteiger partial charge is 0.493 e. The van der Waals surface area contributed by atoms with Gasteiger partial charge in [-0.1, -0.05) is 40.5 Å². The monoisotopic (exact) mass is 354 g/mol. The van der Waals surface area contributed by atoms with Crippen molar-refractivity contribution >= 4 is 32.9 Å². The van der Waals surface area contributed by atoms with Crippen LogP contribution in [0.5, 0.6) is 5.75 Å². The summed E-state index contributed by atoms with van der Waals surface area (Å²) in [6, 6.07) is 9.08. The number of hydrogen-bond donors (Lipinski definition) is 1. The molecule has 0 aromatic heterocycles. The minimum absolute atomic E-state index is 0.527. The average molecular weight is 355 g/mol. The van der Waals surface area contributed by atoms with Gasteiger partial charge in [-0.3, -0.25) is 4.99 Å². The van der Waals surface area contributed by atoms with Crippen LogP contribution in [0.1, 0.15) is 25.7 Å². The van der Waals surface area contributed by atoms with E-state index in [1.807, 2.05) is 24.3 Å². The van der Waals surface area contributed by atoms with Gasteiger partial charge in [0.05, 0.1) is 18.7 Å². The van der Waals surface area contributed by atoms with E-state index in [9.17, 15) is 0 Å². The van der Waals surface area contributed by atoms with Gasteiger partial charge in [-0.05, 0) is 37.1 Å². The fourth-order valence-electron chi connectivity index (χ4n) is 2.69. The summed E-state index contributed by atoms with van der Waals surface area (Å²) >= 11 is 5.20. The molecule has 0 unspecified atom stereocenters. The van der Waals surface area contributed by atoms with Gasteiger partial charge < -0.3 is 10.1 Å². The fraction of sp³-hybridized carbons (Fsp3) is 0.533.